The summed E-state index contributed by atoms with van der Waals surface area (Å²) in [6.45, 7) is -0.249. The van der Waals surface area contributed by atoms with Crippen LogP contribution in [0.2, 0.25) is 0 Å². The van der Waals surface area contributed by atoms with Gasteiger partial charge in [0.05, 0.1) is 19.6 Å². The number of hydrogen-bond acceptors (Lipinski definition) is 5. The minimum Gasteiger partial charge on any atom is -0.469 e. The maximum atomic E-state index is 10.9. The molecule has 86 valence electrons. The van der Waals surface area contributed by atoms with Crippen LogP contribution in [0, 0.1) is 0 Å². The smallest absolute Gasteiger partial charge is 0.330 e. The van der Waals surface area contributed by atoms with Crippen LogP contribution in [0.1, 0.15) is 6.42 Å². The van der Waals surface area contributed by atoms with Crippen molar-refractivity contribution >= 4 is 23.5 Å². The number of ether oxygens (including phenoxy) is 2. The fourth-order valence-electron chi connectivity index (χ4n) is 0.702. The average Bonchev–Trinajstić information content (AvgIpc) is 2.23. The molecule has 0 bridgehead atoms. The maximum absolute atomic E-state index is 10.9. The Bertz CT molecular complexity index is 239. The molecule has 0 unspecified atom stereocenters. The van der Waals surface area contributed by atoms with Crippen LogP contribution in [0.25, 0.3) is 0 Å². The van der Waals surface area contributed by atoms with Gasteiger partial charge < -0.3 is 14.6 Å². The number of rotatable bonds is 6. The molecule has 0 aromatic heterocycles. The summed E-state index contributed by atoms with van der Waals surface area (Å²) in [5.74, 6) is -0.964. The number of methoxy groups -OCH3 is 1. The number of allylic oxidation sites excluding steroid dienone is 1. The summed E-state index contributed by atoms with van der Waals surface area (Å²) in [5.41, 5.74) is 0. The molecule has 0 heterocycles. The van der Waals surface area contributed by atoms with Gasteiger partial charge in [0.2, 0.25) is 0 Å². The Morgan fingerprint density at radius 1 is 1.53 bits per heavy atom. The van der Waals surface area contributed by atoms with Gasteiger partial charge in [-0.05, 0) is 0 Å². The average molecular weight is 237 g/mol. The van der Waals surface area contributed by atoms with Crippen molar-refractivity contribution in [1.82, 2.24) is 0 Å². The number of carbonyl (C=O) groups is 2. The highest BCUT2D eigenvalue weighted by Crippen LogP contribution is 1.96. The van der Waals surface area contributed by atoms with Crippen LogP contribution in [0.3, 0.4) is 0 Å². The second-order valence-corrected chi connectivity index (χ2v) is 2.93. The summed E-state index contributed by atoms with van der Waals surface area (Å²) in [6.07, 6.45) is 1.31. The van der Waals surface area contributed by atoms with Gasteiger partial charge in [0.15, 0.2) is 0 Å². The molecule has 5 nitrogen and oxygen atoms in total. The molecule has 15 heavy (non-hydrogen) atoms. The molecule has 0 saturated heterocycles. The zero-order chi connectivity index (χ0) is 11.7. The minimum atomic E-state index is -1.05. The van der Waals surface area contributed by atoms with Gasteiger partial charge in [0.25, 0.3) is 0 Å². The van der Waals surface area contributed by atoms with E-state index >= 15 is 0 Å². The molecule has 0 aromatic rings. The van der Waals surface area contributed by atoms with Crippen molar-refractivity contribution in [3.05, 3.63) is 12.2 Å². The Kier molecular flexibility index (Phi) is 7.67. The zero-order valence-corrected chi connectivity index (χ0v) is 9.07. The SMILES string of the molecule is COC(=O)C[C@H](O)COC(=O)C=CCCl. The molecule has 0 rings (SSSR count). The van der Waals surface area contributed by atoms with E-state index in [0.29, 0.717) is 0 Å². The second-order valence-electron chi connectivity index (χ2n) is 2.62. The molecule has 6 heteroatoms. The van der Waals surface area contributed by atoms with Gasteiger partial charge in [-0.25, -0.2) is 4.79 Å². The molecule has 0 aliphatic heterocycles. The number of aliphatic hydroxyl groups is 1. The fourth-order valence-corrected chi connectivity index (χ4v) is 0.791. The third-order valence-electron chi connectivity index (χ3n) is 1.39. The van der Waals surface area contributed by atoms with Gasteiger partial charge in [-0.1, -0.05) is 6.08 Å². The Balaban J connectivity index is 3.70. The van der Waals surface area contributed by atoms with E-state index in [2.05, 4.69) is 9.47 Å². The summed E-state index contributed by atoms with van der Waals surface area (Å²) in [7, 11) is 1.21. The van der Waals surface area contributed by atoms with Crippen LogP contribution >= 0.6 is 11.6 Å². The molecule has 1 atom stereocenters. The molecule has 0 spiro atoms. The third-order valence-corrected chi connectivity index (χ3v) is 1.57. The number of aliphatic hydroxyl groups excluding tert-OH is 1. The van der Waals surface area contributed by atoms with E-state index in [1.54, 1.807) is 0 Å². The van der Waals surface area contributed by atoms with Crippen LogP contribution in [-0.2, 0) is 19.1 Å². The minimum absolute atomic E-state index is 0.205. The highest BCUT2D eigenvalue weighted by Gasteiger charge is 2.12. The van der Waals surface area contributed by atoms with Gasteiger partial charge in [0, 0.05) is 12.0 Å². The van der Waals surface area contributed by atoms with Gasteiger partial charge >= 0.3 is 11.9 Å². The molecule has 0 saturated carbocycles. The first-order valence-corrected chi connectivity index (χ1v) is 4.77. The molecule has 0 aromatic carbocycles. The van der Waals surface area contributed by atoms with Crippen LogP contribution in [0.15, 0.2) is 12.2 Å². The Morgan fingerprint density at radius 2 is 2.20 bits per heavy atom. The zero-order valence-electron chi connectivity index (χ0n) is 8.31. The van der Waals surface area contributed by atoms with E-state index in [9.17, 15) is 14.7 Å². The van der Waals surface area contributed by atoms with Gasteiger partial charge in [-0.15, -0.1) is 11.6 Å². The first-order chi connectivity index (χ1) is 7.10. The number of esters is 2. The van der Waals surface area contributed by atoms with Crippen LogP contribution < -0.4 is 0 Å². The number of alkyl halides is 1. The largest absolute Gasteiger partial charge is 0.469 e. The number of carbonyl (C=O) groups excluding carboxylic acids is 2. The number of hydrogen-bond donors (Lipinski definition) is 1. The Labute approximate surface area is 92.6 Å². The summed E-state index contributed by atoms with van der Waals surface area (Å²) < 4.78 is 8.93. The highest BCUT2D eigenvalue weighted by molar-refractivity contribution is 6.19. The van der Waals surface area contributed by atoms with Crippen LogP contribution in [0.4, 0.5) is 0 Å². The second kappa shape index (κ2) is 8.26. The molecule has 0 amide bonds. The predicted octanol–water partition coefficient (Wildman–Crippen LogP) is 0.249. The van der Waals surface area contributed by atoms with Crippen LogP contribution in [-0.4, -0.2) is 42.7 Å². The van der Waals surface area contributed by atoms with Crippen LogP contribution in [0.5, 0.6) is 0 Å². The van der Waals surface area contributed by atoms with E-state index in [1.807, 2.05) is 0 Å². The lowest BCUT2D eigenvalue weighted by molar-refractivity contribution is -0.148. The monoisotopic (exact) mass is 236 g/mol. The summed E-state index contributed by atoms with van der Waals surface area (Å²) >= 11 is 5.29. The van der Waals surface area contributed by atoms with Crippen molar-refractivity contribution in [1.29, 1.82) is 0 Å². The van der Waals surface area contributed by atoms with Crippen molar-refractivity contribution in [2.24, 2.45) is 0 Å². The number of halogens is 1. The topological polar surface area (TPSA) is 72.8 Å². The first-order valence-electron chi connectivity index (χ1n) is 4.24. The molecule has 0 aliphatic rings. The molecule has 0 aliphatic carbocycles. The van der Waals surface area contributed by atoms with Gasteiger partial charge in [0.1, 0.15) is 6.61 Å². The van der Waals surface area contributed by atoms with Gasteiger partial charge in [-0.3, -0.25) is 4.79 Å². The van der Waals surface area contributed by atoms with E-state index in [-0.39, 0.29) is 18.9 Å². The summed E-state index contributed by atoms with van der Waals surface area (Å²) in [4.78, 5) is 21.6. The lowest BCUT2D eigenvalue weighted by Crippen LogP contribution is -2.21. The van der Waals surface area contributed by atoms with E-state index in [4.69, 9.17) is 11.6 Å². The van der Waals surface area contributed by atoms with Gasteiger partial charge in [-0.2, -0.15) is 0 Å². The van der Waals surface area contributed by atoms with Crippen molar-refractivity contribution < 1.29 is 24.2 Å². The van der Waals surface area contributed by atoms with Crippen molar-refractivity contribution in [2.75, 3.05) is 19.6 Å². The third kappa shape index (κ3) is 7.96. The standard InChI is InChI=1S/C9H13ClO5/c1-14-9(13)5-7(11)6-15-8(12)3-2-4-10/h2-3,7,11H,4-6H2,1H3/t7-/m0/s1. The predicted molar refractivity (Wildman–Crippen MR) is 53.5 cm³/mol. The van der Waals surface area contributed by atoms with Crippen molar-refractivity contribution in [2.45, 2.75) is 12.5 Å². The lowest BCUT2D eigenvalue weighted by Gasteiger charge is -2.08. The maximum Gasteiger partial charge on any atom is 0.330 e. The Hall–Kier alpha value is -1.07. The lowest BCUT2D eigenvalue weighted by atomic mass is 10.3. The Morgan fingerprint density at radius 3 is 2.73 bits per heavy atom. The van der Waals surface area contributed by atoms with E-state index < -0.39 is 18.0 Å². The normalized spacial score (nSPS) is 12.5. The quantitative estimate of drug-likeness (QED) is 0.407. The summed E-state index contributed by atoms with van der Waals surface area (Å²) in [6, 6.07) is 0. The molecule has 0 radical (unpaired) electrons. The van der Waals surface area contributed by atoms with Crippen molar-refractivity contribution in [3.8, 4) is 0 Å². The molecular formula is C9H13ClO5. The molecule has 1 N–H and O–H groups in total. The first kappa shape index (κ1) is 13.9. The summed E-state index contributed by atoms with van der Waals surface area (Å²) in [5, 5.41) is 9.20. The van der Waals surface area contributed by atoms with E-state index in [0.717, 1.165) is 6.08 Å². The fraction of sp³-hybridized carbons (Fsp3) is 0.556. The molecule has 0 fully saturated rings. The van der Waals surface area contributed by atoms with E-state index in [1.165, 1.54) is 13.2 Å². The van der Waals surface area contributed by atoms with Crippen molar-refractivity contribution in [3.63, 3.8) is 0 Å². The highest BCUT2D eigenvalue weighted by atomic mass is 35.5. The molecular weight excluding hydrogens is 224 g/mol.